The molecule has 0 radical (unpaired) electrons. The van der Waals surface area contributed by atoms with Crippen molar-refractivity contribution in [3.63, 3.8) is 0 Å². The number of rotatable bonds is 4. The van der Waals surface area contributed by atoms with Gasteiger partial charge in [-0.05, 0) is 51.4 Å². The van der Waals surface area contributed by atoms with Crippen molar-refractivity contribution in [2.24, 2.45) is 0 Å². The number of hydrogen-bond acceptors (Lipinski definition) is 5. The number of anilines is 2. The average Bonchev–Trinajstić information content (AvgIpc) is 2.82. The van der Waals surface area contributed by atoms with Crippen molar-refractivity contribution < 1.29 is 22.5 Å². The number of halogens is 3. The molecule has 0 aliphatic carbocycles. The minimum Gasteiger partial charge on any atom is -0.399 e. The molecular weight excluding hydrogens is 370 g/mol. The van der Waals surface area contributed by atoms with Crippen LogP contribution in [-0.4, -0.2) is 29.5 Å². The van der Waals surface area contributed by atoms with Crippen LogP contribution in [0.2, 0.25) is 0 Å². The Hall–Kier alpha value is -2.39. The molecule has 1 aliphatic heterocycles. The summed E-state index contributed by atoms with van der Waals surface area (Å²) >= 11 is 0. The van der Waals surface area contributed by atoms with Gasteiger partial charge in [0, 0.05) is 17.5 Å². The maximum Gasteiger partial charge on any atom is 0.494 e. The number of aromatic nitrogens is 1. The Morgan fingerprint density at radius 1 is 1.07 bits per heavy atom. The molecule has 1 fully saturated rings. The Morgan fingerprint density at radius 2 is 1.71 bits per heavy atom. The molecule has 1 aromatic heterocycles. The SMILES string of the molecule is CC1(C)OB(c2ccc(C=N)c(Nc3cccc(C(F)(F)F)n3)c2)OC1(C)C. The fourth-order valence-electron chi connectivity index (χ4n) is 2.73. The number of benzene rings is 1. The molecular formula is C19H21BF3N3O2. The lowest BCUT2D eigenvalue weighted by molar-refractivity contribution is -0.141. The van der Waals surface area contributed by atoms with Gasteiger partial charge < -0.3 is 20.0 Å². The van der Waals surface area contributed by atoms with Crippen molar-refractivity contribution in [3.05, 3.63) is 47.7 Å². The van der Waals surface area contributed by atoms with E-state index in [1.807, 2.05) is 27.7 Å². The van der Waals surface area contributed by atoms with Crippen LogP contribution in [0.25, 0.3) is 0 Å². The van der Waals surface area contributed by atoms with E-state index >= 15 is 0 Å². The minimum absolute atomic E-state index is 0.0315. The maximum atomic E-state index is 12.9. The first kappa shape index (κ1) is 20.4. The molecule has 1 aromatic carbocycles. The Morgan fingerprint density at radius 3 is 2.29 bits per heavy atom. The van der Waals surface area contributed by atoms with E-state index in [1.165, 1.54) is 12.1 Å². The third-order valence-corrected chi connectivity index (χ3v) is 5.06. The standard InChI is InChI=1S/C19H21BF3N3O2/c1-17(2)18(3,4)28-20(27-17)13-9-8-12(11-24)14(10-13)25-16-7-5-6-15(26-16)19(21,22)23/h5-11,24H,1-4H3,(H,25,26). The van der Waals surface area contributed by atoms with Crippen molar-refractivity contribution in [1.82, 2.24) is 4.98 Å². The van der Waals surface area contributed by atoms with Crippen molar-refractivity contribution in [2.75, 3.05) is 5.32 Å². The normalized spacial score (nSPS) is 18.2. The highest BCUT2D eigenvalue weighted by atomic mass is 19.4. The molecule has 5 nitrogen and oxygen atoms in total. The number of hydrogen-bond donors (Lipinski definition) is 2. The van der Waals surface area contributed by atoms with Crippen LogP contribution in [0.5, 0.6) is 0 Å². The lowest BCUT2D eigenvalue weighted by atomic mass is 9.78. The summed E-state index contributed by atoms with van der Waals surface area (Å²) in [5, 5.41) is 10.4. The van der Waals surface area contributed by atoms with E-state index < -0.39 is 30.2 Å². The predicted molar refractivity (Wildman–Crippen MR) is 103 cm³/mol. The first-order chi connectivity index (χ1) is 12.9. The van der Waals surface area contributed by atoms with Crippen LogP contribution >= 0.6 is 0 Å². The molecule has 2 heterocycles. The summed E-state index contributed by atoms with van der Waals surface area (Å²) in [7, 11) is -0.625. The fourth-order valence-corrected chi connectivity index (χ4v) is 2.73. The molecule has 0 unspecified atom stereocenters. The molecule has 0 saturated carbocycles. The summed E-state index contributed by atoms with van der Waals surface area (Å²) in [6.45, 7) is 7.74. The van der Waals surface area contributed by atoms with Gasteiger partial charge in [-0.2, -0.15) is 13.2 Å². The van der Waals surface area contributed by atoms with Crippen LogP contribution in [0.3, 0.4) is 0 Å². The second-order valence-corrected chi connectivity index (χ2v) is 7.61. The van der Waals surface area contributed by atoms with Crippen LogP contribution in [0.1, 0.15) is 39.0 Å². The van der Waals surface area contributed by atoms with E-state index in [2.05, 4.69) is 10.3 Å². The Balaban J connectivity index is 1.92. The van der Waals surface area contributed by atoms with Crippen LogP contribution < -0.4 is 10.8 Å². The first-order valence-electron chi connectivity index (χ1n) is 8.74. The van der Waals surface area contributed by atoms with Gasteiger partial charge in [0.25, 0.3) is 0 Å². The zero-order valence-corrected chi connectivity index (χ0v) is 16.0. The van der Waals surface area contributed by atoms with Crippen molar-refractivity contribution in [2.45, 2.75) is 45.1 Å². The minimum atomic E-state index is -4.54. The first-order valence-corrected chi connectivity index (χ1v) is 8.74. The average molecular weight is 391 g/mol. The molecule has 1 saturated heterocycles. The fraction of sp³-hybridized carbons (Fsp3) is 0.368. The Labute approximate surface area is 161 Å². The molecule has 0 amide bonds. The largest absolute Gasteiger partial charge is 0.494 e. The molecule has 28 heavy (non-hydrogen) atoms. The van der Waals surface area contributed by atoms with Gasteiger partial charge in [-0.15, -0.1) is 0 Å². The quantitative estimate of drug-likeness (QED) is 0.607. The van der Waals surface area contributed by atoms with Crippen molar-refractivity contribution in [3.8, 4) is 0 Å². The van der Waals surface area contributed by atoms with Gasteiger partial charge in [0.2, 0.25) is 0 Å². The third-order valence-electron chi connectivity index (χ3n) is 5.06. The summed E-state index contributed by atoms with van der Waals surface area (Å²) in [5.74, 6) is 0.0315. The van der Waals surface area contributed by atoms with Gasteiger partial charge in [0.15, 0.2) is 0 Å². The Bertz CT molecular complexity index is 884. The highest BCUT2D eigenvalue weighted by molar-refractivity contribution is 6.62. The lowest BCUT2D eigenvalue weighted by Crippen LogP contribution is -2.41. The van der Waals surface area contributed by atoms with E-state index in [0.717, 1.165) is 12.3 Å². The van der Waals surface area contributed by atoms with Crippen molar-refractivity contribution in [1.29, 1.82) is 5.41 Å². The van der Waals surface area contributed by atoms with Gasteiger partial charge >= 0.3 is 13.3 Å². The predicted octanol–water partition coefficient (Wildman–Crippen LogP) is 4.14. The number of alkyl halides is 3. The van der Waals surface area contributed by atoms with E-state index in [-0.39, 0.29) is 5.82 Å². The second kappa shape index (κ2) is 6.90. The summed E-state index contributed by atoms with van der Waals surface area (Å²) in [6, 6.07) is 8.77. The number of nitrogens with zero attached hydrogens (tertiary/aromatic N) is 1. The van der Waals surface area contributed by atoms with Gasteiger partial charge in [-0.1, -0.05) is 18.2 Å². The molecule has 1 aliphatic rings. The molecule has 3 rings (SSSR count). The third kappa shape index (κ3) is 3.90. The molecule has 0 atom stereocenters. The molecule has 2 N–H and O–H groups in total. The van der Waals surface area contributed by atoms with Crippen LogP contribution in [-0.2, 0) is 15.5 Å². The molecule has 0 bridgehead atoms. The summed E-state index contributed by atoms with van der Waals surface area (Å²) in [6.07, 6.45) is -3.42. The monoisotopic (exact) mass is 391 g/mol. The van der Waals surface area contributed by atoms with E-state index in [1.54, 1.807) is 18.2 Å². The Kier molecular flexibility index (Phi) is 5.01. The summed E-state index contributed by atoms with van der Waals surface area (Å²) in [4.78, 5) is 3.61. The zero-order chi connectivity index (χ0) is 20.7. The maximum absolute atomic E-state index is 12.9. The second-order valence-electron chi connectivity index (χ2n) is 7.61. The highest BCUT2D eigenvalue weighted by Crippen LogP contribution is 2.36. The highest BCUT2D eigenvalue weighted by Gasteiger charge is 2.51. The number of nitrogens with one attached hydrogen (secondary N) is 2. The van der Waals surface area contributed by atoms with Gasteiger partial charge in [-0.25, -0.2) is 4.98 Å². The van der Waals surface area contributed by atoms with Crippen LogP contribution in [0, 0.1) is 5.41 Å². The van der Waals surface area contributed by atoms with E-state index in [4.69, 9.17) is 14.7 Å². The van der Waals surface area contributed by atoms with E-state index in [0.29, 0.717) is 16.7 Å². The van der Waals surface area contributed by atoms with E-state index in [9.17, 15) is 13.2 Å². The van der Waals surface area contributed by atoms with Gasteiger partial charge in [0.05, 0.1) is 11.2 Å². The summed E-state index contributed by atoms with van der Waals surface area (Å²) < 4.78 is 50.8. The molecule has 0 spiro atoms. The van der Waals surface area contributed by atoms with Gasteiger partial charge in [-0.3, -0.25) is 0 Å². The zero-order valence-electron chi connectivity index (χ0n) is 16.0. The lowest BCUT2D eigenvalue weighted by Gasteiger charge is -2.32. The smallest absolute Gasteiger partial charge is 0.399 e. The molecule has 9 heteroatoms. The van der Waals surface area contributed by atoms with Crippen LogP contribution in [0.4, 0.5) is 24.7 Å². The van der Waals surface area contributed by atoms with Crippen molar-refractivity contribution >= 4 is 30.3 Å². The summed E-state index contributed by atoms with van der Waals surface area (Å²) in [5.41, 5.74) is -0.398. The topological polar surface area (TPSA) is 67.2 Å². The van der Waals surface area contributed by atoms with Gasteiger partial charge in [0.1, 0.15) is 11.5 Å². The molecule has 2 aromatic rings. The number of pyridine rings is 1. The molecule has 148 valence electrons. The van der Waals surface area contributed by atoms with Crippen LogP contribution in [0.15, 0.2) is 36.4 Å².